The molecule has 0 spiro atoms. The molecule has 0 saturated heterocycles. The molecule has 0 aromatic heterocycles. The zero-order valence-corrected chi connectivity index (χ0v) is 6.98. The van der Waals surface area contributed by atoms with Gasteiger partial charge in [-0.3, -0.25) is 4.79 Å². The summed E-state index contributed by atoms with van der Waals surface area (Å²) in [5.74, 6) is 0.148. The van der Waals surface area contributed by atoms with Crippen molar-refractivity contribution in [1.82, 2.24) is 4.90 Å². The molecular formula is C8H15NO. The number of carbonyl (C=O) groups excluding carboxylic acids is 1. The second-order valence-electron chi connectivity index (χ2n) is 2.23. The Labute approximate surface area is 62.5 Å². The van der Waals surface area contributed by atoms with Gasteiger partial charge in [-0.05, 0) is 13.8 Å². The standard InChI is InChI=1S/C8H15NO/c1-5-8(10)9(6-2)7(3)4/h3,5-6H2,1-2,4H3. The summed E-state index contributed by atoms with van der Waals surface area (Å²) in [6.45, 7) is 10.1. The molecule has 0 aliphatic rings. The second-order valence-corrected chi connectivity index (χ2v) is 2.23. The lowest BCUT2D eigenvalue weighted by Crippen LogP contribution is -2.27. The van der Waals surface area contributed by atoms with E-state index < -0.39 is 0 Å². The van der Waals surface area contributed by atoms with E-state index in [1.165, 1.54) is 0 Å². The van der Waals surface area contributed by atoms with Crippen LogP contribution in [0.25, 0.3) is 0 Å². The molecule has 0 radical (unpaired) electrons. The van der Waals surface area contributed by atoms with Gasteiger partial charge in [0.05, 0.1) is 0 Å². The molecule has 0 aliphatic carbocycles. The molecular weight excluding hydrogens is 126 g/mol. The fourth-order valence-electron chi connectivity index (χ4n) is 0.850. The predicted octanol–water partition coefficient (Wildman–Crippen LogP) is 1.78. The average molecular weight is 141 g/mol. The first kappa shape index (κ1) is 9.21. The molecule has 0 saturated carbocycles. The zero-order chi connectivity index (χ0) is 8.15. The van der Waals surface area contributed by atoms with Gasteiger partial charge in [0.1, 0.15) is 0 Å². The first-order chi connectivity index (χ1) is 4.63. The van der Waals surface area contributed by atoms with Gasteiger partial charge in [0.15, 0.2) is 0 Å². The predicted molar refractivity (Wildman–Crippen MR) is 42.5 cm³/mol. The minimum Gasteiger partial charge on any atom is -0.317 e. The highest BCUT2D eigenvalue weighted by Gasteiger charge is 2.07. The van der Waals surface area contributed by atoms with E-state index in [0.717, 1.165) is 12.2 Å². The summed E-state index contributed by atoms with van der Waals surface area (Å²) in [7, 11) is 0. The summed E-state index contributed by atoms with van der Waals surface area (Å²) in [4.78, 5) is 12.7. The average Bonchev–Trinajstić information content (AvgIpc) is 1.88. The van der Waals surface area contributed by atoms with Gasteiger partial charge in [0, 0.05) is 18.7 Å². The molecule has 0 aromatic rings. The first-order valence-electron chi connectivity index (χ1n) is 3.59. The number of allylic oxidation sites excluding steroid dienone is 1. The van der Waals surface area contributed by atoms with Crippen molar-refractivity contribution in [3.05, 3.63) is 12.3 Å². The van der Waals surface area contributed by atoms with Crippen molar-refractivity contribution in [2.75, 3.05) is 6.54 Å². The first-order valence-corrected chi connectivity index (χ1v) is 3.59. The highest BCUT2D eigenvalue weighted by atomic mass is 16.2. The fraction of sp³-hybridized carbons (Fsp3) is 0.625. The third-order valence-corrected chi connectivity index (χ3v) is 1.38. The van der Waals surface area contributed by atoms with Crippen LogP contribution in [0.3, 0.4) is 0 Å². The van der Waals surface area contributed by atoms with Crippen molar-refractivity contribution in [2.45, 2.75) is 27.2 Å². The molecule has 1 amide bonds. The molecule has 0 atom stereocenters. The topological polar surface area (TPSA) is 20.3 Å². The highest BCUT2D eigenvalue weighted by molar-refractivity contribution is 5.77. The highest BCUT2D eigenvalue weighted by Crippen LogP contribution is 2.01. The van der Waals surface area contributed by atoms with Gasteiger partial charge in [-0.15, -0.1) is 0 Å². The van der Waals surface area contributed by atoms with Crippen LogP contribution >= 0.6 is 0 Å². The van der Waals surface area contributed by atoms with Gasteiger partial charge in [-0.1, -0.05) is 13.5 Å². The number of rotatable bonds is 3. The number of hydrogen-bond donors (Lipinski definition) is 0. The van der Waals surface area contributed by atoms with Crippen LogP contribution in [0.4, 0.5) is 0 Å². The molecule has 0 rings (SSSR count). The molecule has 0 aliphatic heterocycles. The summed E-state index contributed by atoms with van der Waals surface area (Å²) >= 11 is 0. The van der Waals surface area contributed by atoms with Crippen LogP contribution in [0.2, 0.25) is 0 Å². The van der Waals surface area contributed by atoms with E-state index in [-0.39, 0.29) is 5.91 Å². The van der Waals surface area contributed by atoms with Crippen LogP contribution in [0, 0.1) is 0 Å². The SMILES string of the molecule is C=C(C)N(CC)C(=O)CC. The third-order valence-electron chi connectivity index (χ3n) is 1.38. The maximum Gasteiger partial charge on any atom is 0.226 e. The number of carbonyl (C=O) groups is 1. The monoisotopic (exact) mass is 141 g/mol. The van der Waals surface area contributed by atoms with Crippen LogP contribution in [0.15, 0.2) is 12.3 Å². The largest absolute Gasteiger partial charge is 0.317 e. The Morgan fingerprint density at radius 3 is 2.10 bits per heavy atom. The molecule has 0 N–H and O–H groups in total. The van der Waals surface area contributed by atoms with Gasteiger partial charge in [-0.25, -0.2) is 0 Å². The van der Waals surface area contributed by atoms with Gasteiger partial charge in [0.2, 0.25) is 5.91 Å². The summed E-state index contributed by atoms with van der Waals surface area (Å²) in [6, 6.07) is 0. The van der Waals surface area contributed by atoms with E-state index in [1.807, 2.05) is 20.8 Å². The van der Waals surface area contributed by atoms with Crippen molar-refractivity contribution in [1.29, 1.82) is 0 Å². The van der Waals surface area contributed by atoms with Crippen LogP contribution in [0.5, 0.6) is 0 Å². The maximum atomic E-state index is 11.0. The van der Waals surface area contributed by atoms with Crippen molar-refractivity contribution in [2.24, 2.45) is 0 Å². The Kier molecular flexibility index (Phi) is 3.77. The Balaban J connectivity index is 4.06. The summed E-state index contributed by atoms with van der Waals surface area (Å²) in [6.07, 6.45) is 0.556. The van der Waals surface area contributed by atoms with Crippen LogP contribution in [0.1, 0.15) is 27.2 Å². The zero-order valence-electron chi connectivity index (χ0n) is 6.98. The molecule has 0 fully saturated rings. The van der Waals surface area contributed by atoms with E-state index in [4.69, 9.17) is 0 Å². The molecule has 0 bridgehead atoms. The van der Waals surface area contributed by atoms with Crippen LogP contribution < -0.4 is 0 Å². The lowest BCUT2D eigenvalue weighted by atomic mass is 10.3. The summed E-state index contributed by atoms with van der Waals surface area (Å²) in [5, 5.41) is 0. The maximum absolute atomic E-state index is 11.0. The van der Waals surface area contributed by atoms with Crippen molar-refractivity contribution >= 4 is 5.91 Å². The van der Waals surface area contributed by atoms with Crippen molar-refractivity contribution < 1.29 is 4.79 Å². The van der Waals surface area contributed by atoms with Gasteiger partial charge in [-0.2, -0.15) is 0 Å². The van der Waals surface area contributed by atoms with E-state index in [0.29, 0.717) is 6.42 Å². The van der Waals surface area contributed by atoms with E-state index in [9.17, 15) is 4.79 Å². The molecule has 2 nitrogen and oxygen atoms in total. The number of amides is 1. The van der Waals surface area contributed by atoms with E-state index >= 15 is 0 Å². The normalized spacial score (nSPS) is 9.10. The molecule has 58 valence electrons. The van der Waals surface area contributed by atoms with E-state index in [1.54, 1.807) is 4.90 Å². The molecule has 0 unspecified atom stereocenters. The lowest BCUT2D eigenvalue weighted by molar-refractivity contribution is -0.128. The fourth-order valence-corrected chi connectivity index (χ4v) is 0.850. The Morgan fingerprint density at radius 2 is 2.00 bits per heavy atom. The minimum atomic E-state index is 0.148. The summed E-state index contributed by atoms with van der Waals surface area (Å²) in [5.41, 5.74) is 0.828. The second kappa shape index (κ2) is 4.09. The van der Waals surface area contributed by atoms with Gasteiger partial charge in [0.25, 0.3) is 0 Å². The lowest BCUT2D eigenvalue weighted by Gasteiger charge is -2.19. The number of nitrogens with zero attached hydrogens (tertiary/aromatic N) is 1. The van der Waals surface area contributed by atoms with Crippen LogP contribution in [-0.4, -0.2) is 17.4 Å². The quantitative estimate of drug-likeness (QED) is 0.586. The van der Waals surface area contributed by atoms with Crippen molar-refractivity contribution in [3.63, 3.8) is 0 Å². The minimum absolute atomic E-state index is 0.148. The molecule has 10 heavy (non-hydrogen) atoms. The van der Waals surface area contributed by atoms with Gasteiger partial charge >= 0.3 is 0 Å². The molecule has 0 aromatic carbocycles. The third kappa shape index (κ3) is 2.21. The van der Waals surface area contributed by atoms with E-state index in [2.05, 4.69) is 6.58 Å². The smallest absolute Gasteiger partial charge is 0.226 e. The number of hydrogen-bond acceptors (Lipinski definition) is 1. The molecule has 0 heterocycles. The Hall–Kier alpha value is -0.790. The molecule has 2 heteroatoms. The Morgan fingerprint density at radius 1 is 1.50 bits per heavy atom. The summed E-state index contributed by atoms with van der Waals surface area (Å²) < 4.78 is 0. The Bertz CT molecular complexity index is 140. The van der Waals surface area contributed by atoms with Crippen molar-refractivity contribution in [3.8, 4) is 0 Å². The van der Waals surface area contributed by atoms with Crippen LogP contribution in [-0.2, 0) is 4.79 Å². The van der Waals surface area contributed by atoms with Gasteiger partial charge < -0.3 is 4.90 Å².